The Labute approximate surface area is 189 Å². The number of ether oxygens (including phenoxy) is 2. The van der Waals surface area contributed by atoms with E-state index in [9.17, 15) is 28.1 Å². The minimum Gasteiger partial charge on any atom is -0.395 e. The van der Waals surface area contributed by atoms with Crippen molar-refractivity contribution in [3.8, 4) is 11.5 Å². The number of pyridine rings is 1. The SMILES string of the molecule is CC(NC(=O)N1C(=O)[C@H](Cc2ccnc(Cl)c2)C1C(=O)N=O)c1ccc2c(c1)OC(F)(F)O2. The van der Waals surface area contributed by atoms with Crippen molar-refractivity contribution >= 4 is 29.4 Å². The van der Waals surface area contributed by atoms with Crippen molar-refractivity contribution in [3.05, 3.63) is 57.7 Å². The van der Waals surface area contributed by atoms with Gasteiger partial charge in [0, 0.05) is 11.4 Å². The van der Waals surface area contributed by atoms with Crippen molar-refractivity contribution in [1.82, 2.24) is 15.2 Å². The molecule has 13 heteroatoms. The van der Waals surface area contributed by atoms with E-state index >= 15 is 0 Å². The first kappa shape index (κ1) is 22.5. The van der Waals surface area contributed by atoms with E-state index < -0.39 is 42.1 Å². The van der Waals surface area contributed by atoms with Gasteiger partial charge in [-0.05, 0) is 48.7 Å². The highest BCUT2D eigenvalue weighted by atomic mass is 35.5. The van der Waals surface area contributed by atoms with E-state index in [0.717, 1.165) is 0 Å². The van der Waals surface area contributed by atoms with Gasteiger partial charge in [0.1, 0.15) is 11.2 Å². The van der Waals surface area contributed by atoms with Gasteiger partial charge in [-0.1, -0.05) is 17.7 Å². The Hall–Kier alpha value is -3.67. The lowest BCUT2D eigenvalue weighted by molar-refractivity contribution is -0.286. The molecule has 2 aliphatic heterocycles. The fourth-order valence-corrected chi connectivity index (χ4v) is 3.90. The monoisotopic (exact) mass is 480 g/mol. The molecule has 1 aromatic heterocycles. The molecule has 1 saturated heterocycles. The maximum absolute atomic E-state index is 13.2. The Kier molecular flexibility index (Phi) is 5.70. The second-order valence-corrected chi connectivity index (χ2v) is 7.81. The minimum absolute atomic E-state index is 0.0444. The number of hydrogen-bond donors (Lipinski definition) is 1. The summed E-state index contributed by atoms with van der Waals surface area (Å²) in [5, 5.41) is 5.05. The van der Waals surface area contributed by atoms with Crippen LogP contribution in [0.4, 0.5) is 13.6 Å². The molecule has 3 atom stereocenters. The molecular weight excluding hydrogens is 466 g/mol. The Bertz CT molecular complexity index is 1160. The largest absolute Gasteiger partial charge is 0.586 e. The van der Waals surface area contributed by atoms with Gasteiger partial charge in [0.2, 0.25) is 5.91 Å². The first-order chi connectivity index (χ1) is 15.6. The van der Waals surface area contributed by atoms with Crippen LogP contribution in [0, 0.1) is 10.8 Å². The highest BCUT2D eigenvalue weighted by Crippen LogP contribution is 2.42. The zero-order valence-electron chi connectivity index (χ0n) is 16.8. The minimum atomic E-state index is -3.79. The van der Waals surface area contributed by atoms with Gasteiger partial charge in [-0.25, -0.2) is 9.78 Å². The number of nitrogens with one attached hydrogen (secondary N) is 1. The van der Waals surface area contributed by atoms with Crippen LogP contribution >= 0.6 is 11.6 Å². The van der Waals surface area contributed by atoms with Crippen molar-refractivity contribution in [2.24, 2.45) is 11.1 Å². The molecule has 0 bridgehead atoms. The summed E-state index contributed by atoms with van der Waals surface area (Å²) in [5.41, 5.74) is 0.957. The number of alkyl halides is 2. The number of β-lactam (4-membered cyclic amide) rings is 1. The quantitative estimate of drug-likeness (QED) is 0.395. The van der Waals surface area contributed by atoms with Crippen molar-refractivity contribution in [2.75, 3.05) is 0 Å². The summed E-state index contributed by atoms with van der Waals surface area (Å²) in [6, 6.07) is 3.92. The molecule has 2 unspecified atom stereocenters. The molecule has 2 aromatic rings. The first-order valence-electron chi connectivity index (χ1n) is 9.60. The summed E-state index contributed by atoms with van der Waals surface area (Å²) in [4.78, 5) is 52.8. The van der Waals surface area contributed by atoms with Crippen LogP contribution in [0.1, 0.15) is 24.1 Å². The van der Waals surface area contributed by atoms with Gasteiger partial charge in [-0.3, -0.25) is 14.5 Å². The molecule has 0 spiro atoms. The van der Waals surface area contributed by atoms with E-state index in [2.05, 4.69) is 25.0 Å². The van der Waals surface area contributed by atoms with Crippen LogP contribution in [-0.2, 0) is 16.0 Å². The summed E-state index contributed by atoms with van der Waals surface area (Å²) < 4.78 is 35.1. The predicted octanol–water partition coefficient (Wildman–Crippen LogP) is 3.19. The summed E-state index contributed by atoms with van der Waals surface area (Å²) in [5.74, 6) is -3.22. The van der Waals surface area contributed by atoms with Gasteiger partial charge in [0.25, 0.3) is 0 Å². The van der Waals surface area contributed by atoms with Crippen LogP contribution in [0.15, 0.2) is 41.7 Å². The molecular formula is C20H15ClF2N4O6. The van der Waals surface area contributed by atoms with Crippen LogP contribution in [0.2, 0.25) is 5.15 Å². The standard InChI is InChI=1S/C20H15ClF2N4O6/c1-9(11-2-3-13-14(8-11)33-20(22,23)32-13)25-19(30)27-16(17(28)26-31)12(18(27)29)6-10-4-5-24-15(21)7-10/h2-5,7-9,12,16H,6H2,1H3,(H,25,30)/t9?,12-,16?/m1/s1. The number of likely N-dealkylation sites (tertiary alicyclic amines) is 1. The van der Waals surface area contributed by atoms with Crippen LogP contribution in [-0.4, -0.2) is 40.1 Å². The fourth-order valence-electron chi connectivity index (χ4n) is 3.71. The predicted molar refractivity (Wildman–Crippen MR) is 107 cm³/mol. The normalized spacial score (nSPS) is 21.2. The molecule has 10 nitrogen and oxygen atoms in total. The van der Waals surface area contributed by atoms with Crippen LogP contribution in [0.3, 0.4) is 0 Å². The second-order valence-electron chi connectivity index (χ2n) is 7.42. The van der Waals surface area contributed by atoms with Crippen molar-refractivity contribution in [2.45, 2.75) is 31.7 Å². The Morgan fingerprint density at radius 2 is 2.00 bits per heavy atom. The van der Waals surface area contributed by atoms with E-state index in [1.807, 2.05) is 0 Å². The Balaban J connectivity index is 1.47. The molecule has 0 radical (unpaired) electrons. The third kappa shape index (κ3) is 4.33. The van der Waals surface area contributed by atoms with E-state index in [0.29, 0.717) is 16.0 Å². The molecule has 33 heavy (non-hydrogen) atoms. The smallest absolute Gasteiger partial charge is 0.395 e. The number of urea groups is 1. The van der Waals surface area contributed by atoms with Gasteiger partial charge in [0.05, 0.1) is 12.0 Å². The van der Waals surface area contributed by atoms with E-state index in [1.165, 1.54) is 37.4 Å². The Morgan fingerprint density at radius 3 is 2.70 bits per heavy atom. The van der Waals surface area contributed by atoms with Crippen LogP contribution < -0.4 is 14.8 Å². The average molecular weight is 481 g/mol. The summed E-state index contributed by atoms with van der Waals surface area (Å²) in [7, 11) is 0. The van der Waals surface area contributed by atoms with E-state index in [4.69, 9.17) is 11.6 Å². The Morgan fingerprint density at radius 1 is 1.27 bits per heavy atom. The number of nitrogens with zero attached hydrogens (tertiary/aromatic N) is 3. The number of nitroso groups, excluding NO2 is 1. The van der Waals surface area contributed by atoms with Gasteiger partial charge in [-0.2, -0.15) is 0 Å². The lowest BCUT2D eigenvalue weighted by atomic mass is 9.82. The number of halogens is 3. The van der Waals surface area contributed by atoms with Crippen molar-refractivity contribution in [1.29, 1.82) is 0 Å². The number of benzene rings is 1. The molecule has 2 aliphatic rings. The zero-order valence-corrected chi connectivity index (χ0v) is 17.6. The number of aromatic nitrogens is 1. The molecule has 4 rings (SSSR count). The topological polar surface area (TPSA) is 127 Å². The third-order valence-electron chi connectivity index (χ3n) is 5.29. The molecule has 3 heterocycles. The fraction of sp³-hybridized carbons (Fsp3) is 0.300. The number of amides is 4. The molecule has 1 N–H and O–H groups in total. The number of fused-ring (bicyclic) bond motifs is 1. The molecule has 172 valence electrons. The molecule has 0 saturated carbocycles. The zero-order chi connectivity index (χ0) is 23.9. The maximum Gasteiger partial charge on any atom is 0.586 e. The number of imide groups is 1. The average Bonchev–Trinajstić information content (AvgIpc) is 3.07. The highest BCUT2D eigenvalue weighted by molar-refractivity contribution is 6.29. The van der Waals surface area contributed by atoms with E-state index in [-0.39, 0.29) is 23.1 Å². The molecule has 0 aliphatic carbocycles. The third-order valence-corrected chi connectivity index (χ3v) is 5.49. The lowest BCUT2D eigenvalue weighted by Gasteiger charge is -2.43. The summed E-state index contributed by atoms with van der Waals surface area (Å²) in [6.45, 7) is 1.53. The molecule has 1 fully saturated rings. The number of carbonyl (C=O) groups excluding carboxylic acids is 3. The molecule has 1 aromatic carbocycles. The van der Waals surface area contributed by atoms with Gasteiger partial charge >= 0.3 is 18.2 Å². The summed E-state index contributed by atoms with van der Waals surface area (Å²) >= 11 is 5.83. The van der Waals surface area contributed by atoms with Gasteiger partial charge in [-0.15, -0.1) is 13.7 Å². The van der Waals surface area contributed by atoms with Gasteiger partial charge < -0.3 is 14.8 Å². The first-order valence-corrected chi connectivity index (χ1v) is 9.98. The van der Waals surface area contributed by atoms with Crippen LogP contribution in [0.25, 0.3) is 0 Å². The number of carbonyl (C=O) groups is 3. The number of rotatable bonds is 5. The molecule has 4 amide bonds. The van der Waals surface area contributed by atoms with Gasteiger partial charge in [0.15, 0.2) is 11.5 Å². The number of hydrogen-bond acceptors (Lipinski definition) is 7. The van der Waals surface area contributed by atoms with Crippen molar-refractivity contribution in [3.63, 3.8) is 0 Å². The second kappa shape index (κ2) is 8.35. The van der Waals surface area contributed by atoms with Crippen LogP contribution in [0.5, 0.6) is 11.5 Å². The lowest BCUT2D eigenvalue weighted by Crippen LogP contribution is -2.68. The summed E-state index contributed by atoms with van der Waals surface area (Å²) in [6.07, 6.45) is -2.33. The van der Waals surface area contributed by atoms with E-state index in [1.54, 1.807) is 6.07 Å². The van der Waals surface area contributed by atoms with Crippen molar-refractivity contribution < 1.29 is 32.6 Å². The highest BCUT2D eigenvalue weighted by Gasteiger charge is 2.55. The maximum atomic E-state index is 13.2.